The summed E-state index contributed by atoms with van der Waals surface area (Å²) in [5, 5.41) is 10.7. The van der Waals surface area contributed by atoms with E-state index < -0.39 is 22.0 Å². The average Bonchev–Trinajstić information content (AvgIpc) is 2.89. The number of likely N-dealkylation sites (tertiary alicyclic amines) is 1. The second-order valence-electron chi connectivity index (χ2n) is 11.3. The lowest BCUT2D eigenvalue weighted by Crippen LogP contribution is -2.52. The molecule has 1 fully saturated rings. The Hall–Kier alpha value is -2.35. The molecule has 2 heterocycles. The Morgan fingerprint density at radius 2 is 1.90 bits per heavy atom. The van der Waals surface area contributed by atoms with Gasteiger partial charge in [0.1, 0.15) is 10.9 Å². The van der Waals surface area contributed by atoms with E-state index in [1.54, 1.807) is 17.0 Å². The van der Waals surface area contributed by atoms with Crippen molar-refractivity contribution in [3.8, 4) is 0 Å². The summed E-state index contributed by atoms with van der Waals surface area (Å²) < 4.78 is 35.0. The lowest BCUT2D eigenvalue weighted by molar-refractivity contribution is -0.141. The van der Waals surface area contributed by atoms with E-state index in [1.807, 2.05) is 6.07 Å². The number of hydrogen-bond donors (Lipinski definition) is 4. The van der Waals surface area contributed by atoms with Crippen molar-refractivity contribution in [2.45, 2.75) is 70.7 Å². The molecule has 1 saturated heterocycles. The number of amides is 1. The SMILES string of the molecule is CC(=O)O.CC(=O)OCCC1CCN(C(=O)C(CSCCCN)NS(=O)(=O)c2cccc3c2NCC(C)(C)C3)CC1. The first-order valence-corrected chi connectivity index (χ1v) is 16.7. The lowest BCUT2D eigenvalue weighted by atomic mass is 9.82. The van der Waals surface area contributed by atoms with Gasteiger partial charge in [0.2, 0.25) is 15.9 Å². The molecule has 0 spiro atoms. The van der Waals surface area contributed by atoms with E-state index in [2.05, 4.69) is 23.9 Å². The first-order chi connectivity index (χ1) is 19.3. The fourth-order valence-electron chi connectivity index (χ4n) is 4.88. The smallest absolute Gasteiger partial charge is 0.302 e. The maximum atomic E-state index is 13.6. The molecule has 3 rings (SSSR count). The van der Waals surface area contributed by atoms with Crippen LogP contribution in [0, 0.1) is 11.3 Å². The van der Waals surface area contributed by atoms with Gasteiger partial charge >= 0.3 is 5.97 Å². The third-order valence-corrected chi connectivity index (χ3v) is 9.61. The Morgan fingerprint density at radius 1 is 1.24 bits per heavy atom. The normalized spacial score (nSPS) is 17.3. The number of nitrogens with one attached hydrogen (secondary N) is 2. The van der Waals surface area contributed by atoms with E-state index in [9.17, 15) is 18.0 Å². The first-order valence-electron chi connectivity index (χ1n) is 14.0. The number of esters is 1. The van der Waals surface area contributed by atoms with E-state index in [1.165, 1.54) is 18.7 Å². The third kappa shape index (κ3) is 11.8. The number of anilines is 1. The molecule has 0 radical (unpaired) electrons. The number of fused-ring (bicyclic) bond motifs is 1. The quantitative estimate of drug-likeness (QED) is 0.203. The van der Waals surface area contributed by atoms with Crippen LogP contribution in [0.5, 0.6) is 0 Å². The Morgan fingerprint density at radius 3 is 2.51 bits per heavy atom. The molecule has 0 aliphatic carbocycles. The highest BCUT2D eigenvalue weighted by Crippen LogP contribution is 2.36. The van der Waals surface area contributed by atoms with Crippen LogP contribution in [0.15, 0.2) is 23.1 Å². The summed E-state index contributed by atoms with van der Waals surface area (Å²) in [6, 6.07) is 4.47. The third-order valence-electron chi connectivity index (χ3n) is 6.95. The van der Waals surface area contributed by atoms with Gasteiger partial charge in [-0.1, -0.05) is 26.0 Å². The fraction of sp³-hybridized carbons (Fsp3) is 0.679. The van der Waals surface area contributed by atoms with Gasteiger partial charge in [0, 0.05) is 39.2 Å². The molecular formula is C28H46N4O7S2. The van der Waals surface area contributed by atoms with Gasteiger partial charge in [-0.15, -0.1) is 0 Å². The number of carbonyl (C=O) groups is 3. The number of piperidine rings is 1. The summed E-state index contributed by atoms with van der Waals surface area (Å²) in [4.78, 5) is 35.5. The number of benzene rings is 1. The molecule has 11 nitrogen and oxygen atoms in total. The van der Waals surface area contributed by atoms with E-state index in [0.717, 1.165) is 50.3 Å². The minimum Gasteiger partial charge on any atom is -0.481 e. The largest absolute Gasteiger partial charge is 0.481 e. The highest BCUT2D eigenvalue weighted by atomic mass is 32.2. The van der Waals surface area contributed by atoms with Crippen LogP contribution in [0.3, 0.4) is 0 Å². The van der Waals surface area contributed by atoms with Crippen LogP contribution < -0.4 is 15.8 Å². The number of carbonyl (C=O) groups excluding carboxylic acids is 2. The van der Waals surface area contributed by atoms with Crippen molar-refractivity contribution in [3.05, 3.63) is 23.8 Å². The van der Waals surface area contributed by atoms with E-state index in [0.29, 0.717) is 50.1 Å². The van der Waals surface area contributed by atoms with Gasteiger partial charge < -0.3 is 25.8 Å². The van der Waals surface area contributed by atoms with Gasteiger partial charge in [-0.05, 0) is 67.4 Å². The van der Waals surface area contributed by atoms with Crippen LogP contribution in [0.1, 0.15) is 58.9 Å². The highest BCUT2D eigenvalue weighted by molar-refractivity contribution is 7.99. The number of thioether (sulfide) groups is 1. The zero-order chi connectivity index (χ0) is 30.6. The number of rotatable bonds is 12. The van der Waals surface area contributed by atoms with Crippen LogP contribution in [0.25, 0.3) is 0 Å². The van der Waals surface area contributed by atoms with Crippen molar-refractivity contribution >= 4 is 45.3 Å². The van der Waals surface area contributed by atoms with Crippen molar-refractivity contribution < 1.29 is 32.6 Å². The Balaban J connectivity index is 0.00000138. The van der Waals surface area contributed by atoms with Gasteiger partial charge in [0.05, 0.1) is 12.3 Å². The first kappa shape index (κ1) is 34.8. The summed E-state index contributed by atoms with van der Waals surface area (Å²) >= 11 is 1.54. The van der Waals surface area contributed by atoms with Crippen LogP contribution in [-0.4, -0.2) is 86.6 Å². The Kier molecular flexibility index (Phi) is 13.9. The molecular weight excluding hydrogens is 568 g/mol. The van der Waals surface area contributed by atoms with Gasteiger partial charge in [-0.2, -0.15) is 16.5 Å². The molecule has 2 aliphatic heterocycles. The summed E-state index contributed by atoms with van der Waals surface area (Å²) in [6.45, 7) is 9.52. The number of carboxylic acids is 1. The second-order valence-corrected chi connectivity index (χ2v) is 14.1. The molecule has 1 atom stereocenters. The summed E-state index contributed by atoms with van der Waals surface area (Å²) in [7, 11) is -3.94. The molecule has 1 amide bonds. The number of nitrogens with zero attached hydrogens (tertiary/aromatic N) is 1. The summed E-state index contributed by atoms with van der Waals surface area (Å²) in [5.74, 6) is 0.176. The predicted molar refractivity (Wildman–Crippen MR) is 161 cm³/mol. The fourth-order valence-corrected chi connectivity index (χ4v) is 7.40. The van der Waals surface area contributed by atoms with Crippen LogP contribution in [0.4, 0.5) is 5.69 Å². The Bertz CT molecular complexity index is 1130. The van der Waals surface area contributed by atoms with Gasteiger partial charge in [0.15, 0.2) is 0 Å². The monoisotopic (exact) mass is 614 g/mol. The van der Waals surface area contributed by atoms with Crippen molar-refractivity contribution in [1.82, 2.24) is 9.62 Å². The second kappa shape index (κ2) is 16.3. The number of sulfonamides is 1. The molecule has 2 aliphatic rings. The molecule has 1 unspecified atom stereocenters. The summed E-state index contributed by atoms with van der Waals surface area (Å²) in [5.41, 5.74) is 7.24. The zero-order valence-electron chi connectivity index (χ0n) is 24.6. The van der Waals surface area contributed by atoms with E-state index >= 15 is 0 Å². The van der Waals surface area contributed by atoms with Crippen molar-refractivity contribution in [3.63, 3.8) is 0 Å². The molecule has 1 aromatic carbocycles. The molecule has 1 aromatic rings. The van der Waals surface area contributed by atoms with E-state index in [4.69, 9.17) is 20.4 Å². The highest BCUT2D eigenvalue weighted by Gasteiger charge is 2.34. The maximum absolute atomic E-state index is 13.6. The van der Waals surface area contributed by atoms with Gasteiger partial charge in [-0.25, -0.2) is 8.42 Å². The summed E-state index contributed by atoms with van der Waals surface area (Å²) in [6.07, 6.45) is 3.97. The van der Waals surface area contributed by atoms with Crippen molar-refractivity contribution in [1.29, 1.82) is 0 Å². The van der Waals surface area contributed by atoms with Gasteiger partial charge in [0.25, 0.3) is 5.97 Å². The van der Waals surface area contributed by atoms with Gasteiger partial charge in [-0.3, -0.25) is 14.4 Å². The number of carboxylic acid groups (broad SMARTS) is 1. The lowest BCUT2D eigenvalue weighted by Gasteiger charge is -2.35. The average molecular weight is 615 g/mol. The number of ether oxygens (including phenoxy) is 1. The molecule has 13 heteroatoms. The molecule has 0 aromatic heterocycles. The topological polar surface area (TPSA) is 168 Å². The molecule has 0 bridgehead atoms. The van der Waals surface area contributed by atoms with E-state index in [-0.39, 0.29) is 22.2 Å². The van der Waals surface area contributed by atoms with Crippen LogP contribution in [0.2, 0.25) is 0 Å². The predicted octanol–water partition coefficient (Wildman–Crippen LogP) is 2.69. The molecule has 232 valence electrons. The maximum Gasteiger partial charge on any atom is 0.302 e. The minimum atomic E-state index is -3.94. The molecule has 5 N–H and O–H groups in total. The zero-order valence-corrected chi connectivity index (χ0v) is 26.2. The number of para-hydroxylation sites is 1. The van der Waals surface area contributed by atoms with Crippen LogP contribution >= 0.6 is 11.8 Å². The minimum absolute atomic E-state index is 0.0330. The van der Waals surface area contributed by atoms with Crippen molar-refractivity contribution in [2.24, 2.45) is 17.1 Å². The number of aliphatic carboxylic acids is 1. The van der Waals surface area contributed by atoms with Crippen molar-refractivity contribution in [2.75, 3.05) is 49.6 Å². The van der Waals surface area contributed by atoms with Crippen LogP contribution in [-0.2, 0) is 35.6 Å². The molecule has 0 saturated carbocycles. The Labute approximate surface area is 248 Å². The standard InChI is InChI=1S/C26H42N4O5S2.C2H4O2/c1-19(31)35-14-10-20-8-12-30(13-9-20)25(32)22(17-36-15-5-11-27)29-37(33,34)23-7-4-6-21-16-26(2,3)18-28-24(21)23;1-2(3)4/h4,6-7,20,22,28-29H,5,8-18,27H2,1-3H3;1H3,(H,3,4). The number of nitrogens with two attached hydrogens (primary N) is 1. The molecule has 41 heavy (non-hydrogen) atoms. The number of hydrogen-bond acceptors (Lipinski definition) is 9.